The van der Waals surface area contributed by atoms with Crippen molar-refractivity contribution in [3.63, 3.8) is 0 Å². The Hall–Kier alpha value is -2.31. The zero-order chi connectivity index (χ0) is 22.0. The molecular weight excluding hydrogens is 510 g/mol. The van der Waals surface area contributed by atoms with Gasteiger partial charge < -0.3 is 9.47 Å². The molecule has 0 saturated carbocycles. The summed E-state index contributed by atoms with van der Waals surface area (Å²) in [5.41, 5.74) is 2.06. The summed E-state index contributed by atoms with van der Waals surface area (Å²) in [6.45, 7) is 0. The zero-order valence-corrected chi connectivity index (χ0v) is 22.0. The molecule has 0 N–H and O–H groups in total. The molecule has 2 fully saturated rings. The van der Waals surface area contributed by atoms with Crippen LogP contribution in [0, 0.1) is 0 Å². The number of para-hydroxylation sites is 1. The quantitative estimate of drug-likeness (QED) is 0.387. The van der Waals surface area contributed by atoms with E-state index in [0.717, 1.165) is 36.6 Å². The van der Waals surface area contributed by atoms with Crippen LogP contribution in [0.1, 0.15) is 59.8 Å². The number of aromatic nitrogens is 5. The average Bonchev–Trinajstić information content (AvgIpc) is 3.48. The molecule has 0 unspecified atom stereocenters. The molecule has 0 spiro atoms. The number of rotatable bonds is 3. The largest absolute Gasteiger partial charge is 0.350 e. The highest BCUT2D eigenvalue weighted by Crippen LogP contribution is 2.45. The fourth-order valence-corrected chi connectivity index (χ4v) is 5.70. The highest BCUT2D eigenvalue weighted by molar-refractivity contribution is 7.59. The molecule has 5 heterocycles. The minimum absolute atomic E-state index is 0. The highest BCUT2D eigenvalue weighted by atomic mass is 32.1. The van der Waals surface area contributed by atoms with Crippen molar-refractivity contribution >= 4 is 63.1 Å². The van der Waals surface area contributed by atoms with Crippen LogP contribution >= 0.6 is 40.5 Å². The Labute approximate surface area is 222 Å². The first-order valence-electron chi connectivity index (χ1n) is 10.9. The molecule has 1 amide bonds. The zero-order valence-electron chi connectivity index (χ0n) is 19.0. The standard InChI is InChI=1S/C23H22F2N6O.3H2S/c1-29-11-16(14-4-2-3-5-18(14)29)22(32)30-13-6-8-15(19(30)9-7-13)20-10-17(21(24)25)28-23-26-12-27-31(20)23;;;/h2-5,10-13,15,19,21H,6-9H2,1H3;3*1H2/t13-,15-,19-;;;/m0.../s1. The van der Waals surface area contributed by atoms with E-state index in [9.17, 15) is 13.6 Å². The molecule has 35 heavy (non-hydrogen) atoms. The van der Waals surface area contributed by atoms with Crippen LogP contribution in [0.15, 0.2) is 42.9 Å². The summed E-state index contributed by atoms with van der Waals surface area (Å²) < 4.78 is 30.6. The Bertz CT molecular complexity index is 1360. The SMILES string of the molecule is Cn1cc(C(=O)N2[C@H]3CC[C@H](c4cc(C(F)F)nc5ncnn45)[C@@H]2CC3)c2ccccc21.S.S.S. The summed E-state index contributed by atoms with van der Waals surface area (Å²) in [6.07, 6.45) is 3.95. The Kier molecular flexibility index (Phi) is 8.07. The van der Waals surface area contributed by atoms with E-state index in [4.69, 9.17) is 0 Å². The number of nitrogens with zero attached hydrogens (tertiary/aromatic N) is 6. The third kappa shape index (κ3) is 4.29. The van der Waals surface area contributed by atoms with Gasteiger partial charge in [0.2, 0.25) is 0 Å². The summed E-state index contributed by atoms with van der Waals surface area (Å²) in [4.78, 5) is 23.8. The molecule has 7 nitrogen and oxygen atoms in total. The van der Waals surface area contributed by atoms with Gasteiger partial charge in [0.1, 0.15) is 12.0 Å². The van der Waals surface area contributed by atoms with Crippen LogP contribution in [0.5, 0.6) is 0 Å². The fraction of sp³-hybridized carbons (Fsp3) is 0.391. The first-order valence-corrected chi connectivity index (χ1v) is 10.9. The molecule has 6 rings (SSSR count). The van der Waals surface area contributed by atoms with Gasteiger partial charge in [-0.15, -0.1) is 0 Å². The number of piperidine rings is 1. The van der Waals surface area contributed by atoms with Gasteiger partial charge >= 0.3 is 0 Å². The monoisotopic (exact) mass is 538 g/mol. The van der Waals surface area contributed by atoms with Crippen LogP contribution in [0.4, 0.5) is 8.78 Å². The smallest absolute Gasteiger partial charge is 0.280 e. The number of amides is 1. The second-order valence-electron chi connectivity index (χ2n) is 8.74. The van der Waals surface area contributed by atoms with Crippen molar-refractivity contribution in [1.29, 1.82) is 0 Å². The van der Waals surface area contributed by atoms with Crippen molar-refractivity contribution < 1.29 is 13.6 Å². The van der Waals surface area contributed by atoms with Gasteiger partial charge in [-0.3, -0.25) is 4.79 Å². The number of carbonyl (C=O) groups excluding carboxylic acids is 1. The Morgan fingerprint density at radius 3 is 2.60 bits per heavy atom. The molecule has 2 aliphatic heterocycles. The molecule has 0 aliphatic carbocycles. The highest BCUT2D eigenvalue weighted by Gasteiger charge is 2.46. The van der Waals surface area contributed by atoms with Gasteiger partial charge in [-0.05, 0) is 37.8 Å². The lowest BCUT2D eigenvalue weighted by molar-refractivity contribution is 0.0555. The van der Waals surface area contributed by atoms with Crippen LogP contribution in [-0.2, 0) is 7.05 Å². The van der Waals surface area contributed by atoms with Crippen molar-refractivity contribution in [2.45, 2.75) is 50.1 Å². The molecule has 188 valence electrons. The lowest BCUT2D eigenvalue weighted by Crippen LogP contribution is -2.47. The summed E-state index contributed by atoms with van der Waals surface area (Å²) in [5, 5.41) is 5.17. The second kappa shape index (κ2) is 10.4. The third-order valence-electron chi connectivity index (χ3n) is 7.09. The maximum absolute atomic E-state index is 13.8. The summed E-state index contributed by atoms with van der Waals surface area (Å²) in [5.74, 6) is 0.0826. The molecule has 2 bridgehead atoms. The molecule has 2 saturated heterocycles. The third-order valence-corrected chi connectivity index (χ3v) is 7.09. The number of hydrogen-bond donors (Lipinski definition) is 0. The molecule has 3 aromatic heterocycles. The molecule has 1 aromatic carbocycles. The number of alkyl halides is 2. The Morgan fingerprint density at radius 1 is 1.09 bits per heavy atom. The summed E-state index contributed by atoms with van der Waals surface area (Å²) >= 11 is 0. The summed E-state index contributed by atoms with van der Waals surface area (Å²) in [6, 6.07) is 9.43. The van der Waals surface area contributed by atoms with Gasteiger partial charge in [0.05, 0.1) is 11.3 Å². The maximum atomic E-state index is 13.8. The van der Waals surface area contributed by atoms with Gasteiger partial charge in [0.25, 0.3) is 18.1 Å². The van der Waals surface area contributed by atoms with E-state index in [1.54, 1.807) is 4.52 Å². The number of benzene rings is 1. The van der Waals surface area contributed by atoms with Crippen molar-refractivity contribution in [3.8, 4) is 0 Å². The second-order valence-corrected chi connectivity index (χ2v) is 8.74. The van der Waals surface area contributed by atoms with Crippen LogP contribution < -0.4 is 0 Å². The number of halogens is 2. The topological polar surface area (TPSA) is 68.3 Å². The van der Waals surface area contributed by atoms with E-state index < -0.39 is 6.43 Å². The molecule has 4 aromatic rings. The number of fused-ring (bicyclic) bond motifs is 4. The lowest BCUT2D eigenvalue weighted by Gasteiger charge is -2.40. The van der Waals surface area contributed by atoms with Gasteiger partial charge in [-0.2, -0.15) is 50.6 Å². The predicted molar refractivity (Wildman–Crippen MR) is 145 cm³/mol. The first-order chi connectivity index (χ1) is 15.5. The average molecular weight is 539 g/mol. The minimum atomic E-state index is -2.69. The molecule has 3 atom stereocenters. The van der Waals surface area contributed by atoms with E-state index in [2.05, 4.69) is 15.1 Å². The maximum Gasteiger partial charge on any atom is 0.280 e. The van der Waals surface area contributed by atoms with E-state index in [-0.39, 0.29) is 75.9 Å². The van der Waals surface area contributed by atoms with Crippen LogP contribution in [0.2, 0.25) is 0 Å². The molecule has 0 radical (unpaired) electrons. The number of hydrogen-bond acceptors (Lipinski definition) is 4. The van der Waals surface area contributed by atoms with Crippen molar-refractivity contribution in [2.24, 2.45) is 7.05 Å². The van der Waals surface area contributed by atoms with Crippen molar-refractivity contribution in [2.75, 3.05) is 0 Å². The molecular formula is C23H28F2N6OS3. The van der Waals surface area contributed by atoms with E-state index in [1.807, 2.05) is 47.0 Å². The molecule has 12 heteroatoms. The van der Waals surface area contributed by atoms with Gasteiger partial charge in [-0.1, -0.05) is 18.2 Å². The van der Waals surface area contributed by atoms with Crippen molar-refractivity contribution in [1.82, 2.24) is 29.0 Å². The Morgan fingerprint density at radius 2 is 1.83 bits per heavy atom. The summed E-state index contributed by atoms with van der Waals surface area (Å²) in [7, 11) is 1.94. The minimum Gasteiger partial charge on any atom is -0.350 e. The molecule has 2 aliphatic rings. The van der Waals surface area contributed by atoms with Crippen molar-refractivity contribution in [3.05, 3.63) is 59.8 Å². The van der Waals surface area contributed by atoms with Gasteiger partial charge in [0, 0.05) is 42.1 Å². The van der Waals surface area contributed by atoms with Gasteiger partial charge in [0.15, 0.2) is 0 Å². The lowest BCUT2D eigenvalue weighted by atomic mass is 9.86. The van der Waals surface area contributed by atoms with E-state index in [0.29, 0.717) is 11.3 Å². The predicted octanol–water partition coefficient (Wildman–Crippen LogP) is 4.44. The fourth-order valence-electron chi connectivity index (χ4n) is 5.70. The Balaban J connectivity index is 0.00000114. The van der Waals surface area contributed by atoms with E-state index >= 15 is 0 Å². The van der Waals surface area contributed by atoms with Crippen LogP contribution in [0.25, 0.3) is 16.7 Å². The van der Waals surface area contributed by atoms with E-state index in [1.165, 1.54) is 12.4 Å². The number of carbonyl (C=O) groups is 1. The van der Waals surface area contributed by atoms with Crippen LogP contribution in [0.3, 0.4) is 0 Å². The van der Waals surface area contributed by atoms with Gasteiger partial charge in [-0.25, -0.2) is 18.3 Å². The first kappa shape index (κ1) is 27.3. The normalized spacial score (nSPS) is 21.0. The van der Waals surface area contributed by atoms with Crippen LogP contribution in [-0.4, -0.2) is 47.0 Å². The number of aryl methyl sites for hydroxylation is 1.